The predicted octanol–water partition coefficient (Wildman–Crippen LogP) is 3.61. The first-order valence-electron chi connectivity index (χ1n) is 9.97. The summed E-state index contributed by atoms with van der Waals surface area (Å²) < 4.78 is 5.68. The molecule has 0 bridgehead atoms. The fourth-order valence-corrected chi connectivity index (χ4v) is 4.54. The standard InChI is InChI=1S/C22H29N3O/c1-23-21-22(10-8-11-22)18-16-20(26-2)17(15-19(18)24-21)9-7-14-25-12-5-3-4-6-13-25/h15-16H,3-6,8,10-14H2,1-2H3,(H,23,24). The van der Waals surface area contributed by atoms with Gasteiger partial charge >= 0.3 is 0 Å². The van der Waals surface area contributed by atoms with Crippen LogP contribution in [0.3, 0.4) is 0 Å². The van der Waals surface area contributed by atoms with Crippen LogP contribution in [0, 0.1) is 11.8 Å². The summed E-state index contributed by atoms with van der Waals surface area (Å²) >= 11 is 0. The summed E-state index contributed by atoms with van der Waals surface area (Å²) in [6.07, 6.45) is 8.92. The molecule has 3 aliphatic rings. The maximum atomic E-state index is 5.68. The van der Waals surface area contributed by atoms with E-state index in [9.17, 15) is 0 Å². The van der Waals surface area contributed by atoms with Gasteiger partial charge in [0.1, 0.15) is 11.6 Å². The van der Waals surface area contributed by atoms with Gasteiger partial charge in [-0.3, -0.25) is 4.90 Å². The molecule has 2 heterocycles. The Morgan fingerprint density at radius 1 is 1.15 bits per heavy atom. The van der Waals surface area contributed by atoms with Crippen molar-refractivity contribution in [1.82, 2.24) is 10.2 Å². The molecule has 1 N–H and O–H groups in total. The van der Waals surface area contributed by atoms with Crippen molar-refractivity contribution in [2.75, 3.05) is 33.8 Å². The molecule has 1 aromatic rings. The van der Waals surface area contributed by atoms with E-state index in [0.717, 1.165) is 29.4 Å². The Morgan fingerprint density at radius 2 is 1.92 bits per heavy atom. The van der Waals surface area contributed by atoms with E-state index in [-0.39, 0.29) is 5.41 Å². The third-order valence-corrected chi connectivity index (χ3v) is 6.19. The molecule has 2 aliphatic heterocycles. The molecule has 2 fully saturated rings. The van der Waals surface area contributed by atoms with Gasteiger partial charge in [0.05, 0.1) is 30.3 Å². The molecule has 1 spiro atoms. The van der Waals surface area contributed by atoms with Gasteiger partial charge in [-0.2, -0.15) is 0 Å². The first kappa shape index (κ1) is 17.4. The van der Waals surface area contributed by atoms with Crippen LogP contribution in [-0.4, -0.2) is 44.5 Å². The average Bonchev–Trinajstić information content (AvgIpc) is 2.76. The normalized spacial score (nSPS) is 21.1. The zero-order valence-corrected chi connectivity index (χ0v) is 16.0. The van der Waals surface area contributed by atoms with Gasteiger partial charge < -0.3 is 10.1 Å². The Kier molecular flexibility index (Phi) is 4.91. The van der Waals surface area contributed by atoms with Crippen molar-refractivity contribution < 1.29 is 4.74 Å². The van der Waals surface area contributed by atoms with Crippen molar-refractivity contribution in [2.45, 2.75) is 50.4 Å². The summed E-state index contributed by atoms with van der Waals surface area (Å²) in [4.78, 5) is 7.34. The SMILES string of the molecule is CNC1=Nc2cc(C#CCN3CCCCCC3)c(OC)cc2C12CCC2. The highest BCUT2D eigenvalue weighted by atomic mass is 16.5. The van der Waals surface area contributed by atoms with Crippen LogP contribution in [0.5, 0.6) is 5.75 Å². The highest BCUT2D eigenvalue weighted by Gasteiger charge is 2.48. The Balaban J connectivity index is 1.58. The molecule has 1 aliphatic carbocycles. The minimum Gasteiger partial charge on any atom is -0.495 e. The fraction of sp³-hybridized carbons (Fsp3) is 0.591. The topological polar surface area (TPSA) is 36.9 Å². The third-order valence-electron chi connectivity index (χ3n) is 6.19. The lowest BCUT2D eigenvalue weighted by atomic mass is 9.64. The van der Waals surface area contributed by atoms with E-state index in [1.165, 1.54) is 63.6 Å². The van der Waals surface area contributed by atoms with Crippen molar-refractivity contribution in [1.29, 1.82) is 0 Å². The number of likely N-dealkylation sites (tertiary alicyclic amines) is 1. The molecule has 4 heteroatoms. The first-order valence-corrected chi connectivity index (χ1v) is 9.97. The number of ether oxygens (including phenoxy) is 1. The average molecular weight is 351 g/mol. The van der Waals surface area contributed by atoms with Gasteiger partial charge in [-0.1, -0.05) is 31.1 Å². The third kappa shape index (κ3) is 2.99. The number of amidine groups is 1. The molecule has 1 saturated heterocycles. The second-order valence-corrected chi connectivity index (χ2v) is 7.71. The lowest BCUT2D eigenvalue weighted by Crippen LogP contribution is -2.45. The summed E-state index contributed by atoms with van der Waals surface area (Å²) in [7, 11) is 3.72. The number of rotatable bonds is 2. The van der Waals surface area contributed by atoms with Crippen molar-refractivity contribution in [3.05, 3.63) is 23.3 Å². The fourth-order valence-electron chi connectivity index (χ4n) is 4.54. The largest absolute Gasteiger partial charge is 0.495 e. The van der Waals surface area contributed by atoms with Gasteiger partial charge in [0.25, 0.3) is 0 Å². The smallest absolute Gasteiger partial charge is 0.134 e. The number of methoxy groups -OCH3 is 1. The number of hydrogen-bond acceptors (Lipinski definition) is 4. The second-order valence-electron chi connectivity index (χ2n) is 7.71. The monoisotopic (exact) mass is 351 g/mol. The molecule has 1 aromatic carbocycles. The van der Waals surface area contributed by atoms with Gasteiger partial charge in [0.2, 0.25) is 0 Å². The van der Waals surface area contributed by atoms with Crippen molar-refractivity contribution >= 4 is 11.5 Å². The molecule has 4 rings (SSSR count). The van der Waals surface area contributed by atoms with Gasteiger partial charge in [-0.15, -0.1) is 0 Å². The number of likely N-dealkylation sites (N-methyl/N-ethyl adjacent to an activating group) is 1. The van der Waals surface area contributed by atoms with E-state index < -0.39 is 0 Å². The molecule has 0 radical (unpaired) electrons. The predicted molar refractivity (Wildman–Crippen MR) is 106 cm³/mol. The van der Waals surface area contributed by atoms with E-state index in [2.05, 4.69) is 34.2 Å². The second kappa shape index (κ2) is 7.32. The lowest BCUT2D eigenvalue weighted by molar-refractivity contribution is 0.320. The minimum absolute atomic E-state index is 0.0926. The van der Waals surface area contributed by atoms with E-state index in [1.807, 2.05) is 7.05 Å². The number of hydrogen-bond donors (Lipinski definition) is 1. The lowest BCUT2D eigenvalue weighted by Gasteiger charge is -2.40. The van der Waals surface area contributed by atoms with Gasteiger partial charge in [0, 0.05) is 7.05 Å². The zero-order chi connectivity index (χ0) is 18.0. The van der Waals surface area contributed by atoms with Crippen LogP contribution in [0.1, 0.15) is 56.1 Å². The number of aliphatic imine (C=N–C) groups is 1. The molecular weight excluding hydrogens is 322 g/mol. The molecule has 0 amide bonds. The van der Waals surface area contributed by atoms with Crippen molar-refractivity contribution in [2.24, 2.45) is 4.99 Å². The Hall–Kier alpha value is -1.99. The summed E-state index contributed by atoms with van der Waals surface area (Å²) in [5.41, 5.74) is 3.42. The molecule has 138 valence electrons. The molecular formula is C22H29N3O. The summed E-state index contributed by atoms with van der Waals surface area (Å²) in [6, 6.07) is 4.30. The van der Waals surface area contributed by atoms with Crippen LogP contribution in [0.2, 0.25) is 0 Å². The Morgan fingerprint density at radius 3 is 2.54 bits per heavy atom. The number of nitrogens with zero attached hydrogens (tertiary/aromatic N) is 2. The summed E-state index contributed by atoms with van der Waals surface area (Å²) in [5.74, 6) is 8.71. The van der Waals surface area contributed by atoms with Crippen LogP contribution in [-0.2, 0) is 5.41 Å². The van der Waals surface area contributed by atoms with Crippen LogP contribution in [0.4, 0.5) is 5.69 Å². The Labute approximate surface area is 157 Å². The highest BCUT2D eigenvalue weighted by Crippen LogP contribution is 2.53. The van der Waals surface area contributed by atoms with Crippen LogP contribution in [0.25, 0.3) is 0 Å². The molecule has 1 saturated carbocycles. The quantitative estimate of drug-likeness (QED) is 0.827. The maximum absolute atomic E-state index is 5.68. The molecule has 4 nitrogen and oxygen atoms in total. The van der Waals surface area contributed by atoms with E-state index in [0.29, 0.717) is 0 Å². The molecule has 0 aromatic heterocycles. The van der Waals surface area contributed by atoms with Gasteiger partial charge in [-0.25, -0.2) is 4.99 Å². The van der Waals surface area contributed by atoms with Gasteiger partial charge in [-0.05, 0) is 56.5 Å². The summed E-state index contributed by atoms with van der Waals surface area (Å²) in [6.45, 7) is 3.19. The van der Waals surface area contributed by atoms with Crippen LogP contribution < -0.4 is 10.1 Å². The minimum atomic E-state index is 0.0926. The highest BCUT2D eigenvalue weighted by molar-refractivity contribution is 6.01. The number of fused-ring (bicyclic) bond motifs is 2. The first-order chi connectivity index (χ1) is 12.8. The van der Waals surface area contributed by atoms with Crippen LogP contribution >= 0.6 is 0 Å². The Bertz CT molecular complexity index is 760. The summed E-state index contributed by atoms with van der Waals surface area (Å²) in [5, 5.41) is 3.32. The van der Waals surface area contributed by atoms with Crippen LogP contribution in [0.15, 0.2) is 17.1 Å². The number of benzene rings is 1. The molecule has 0 atom stereocenters. The molecule has 26 heavy (non-hydrogen) atoms. The molecule has 0 unspecified atom stereocenters. The van der Waals surface area contributed by atoms with Crippen molar-refractivity contribution in [3.63, 3.8) is 0 Å². The number of nitrogens with one attached hydrogen (secondary N) is 1. The maximum Gasteiger partial charge on any atom is 0.134 e. The zero-order valence-electron chi connectivity index (χ0n) is 16.0. The van der Waals surface area contributed by atoms with E-state index in [4.69, 9.17) is 9.73 Å². The van der Waals surface area contributed by atoms with E-state index >= 15 is 0 Å². The van der Waals surface area contributed by atoms with Gasteiger partial charge in [0.15, 0.2) is 0 Å². The van der Waals surface area contributed by atoms with Crippen molar-refractivity contribution in [3.8, 4) is 17.6 Å². The van der Waals surface area contributed by atoms with E-state index in [1.54, 1.807) is 7.11 Å².